The Morgan fingerprint density at radius 1 is 1.19 bits per heavy atom. The first-order valence-electron chi connectivity index (χ1n) is 8.88. The van der Waals surface area contributed by atoms with Crippen molar-refractivity contribution in [1.29, 1.82) is 0 Å². The first-order chi connectivity index (χ1) is 12.8. The van der Waals surface area contributed by atoms with Crippen LogP contribution >= 0.6 is 0 Å². The molecule has 0 radical (unpaired) electrons. The van der Waals surface area contributed by atoms with E-state index in [1.807, 2.05) is 6.92 Å². The molecule has 0 aromatic rings. The van der Waals surface area contributed by atoms with Crippen molar-refractivity contribution in [3.05, 3.63) is 11.8 Å². The Morgan fingerprint density at radius 3 is 2.52 bits per heavy atom. The molecule has 2 heterocycles. The molecule has 0 aromatic heterocycles. The minimum absolute atomic E-state index is 0.0757. The lowest BCUT2D eigenvalue weighted by Gasteiger charge is -2.43. The molecule has 3 aliphatic rings. The summed E-state index contributed by atoms with van der Waals surface area (Å²) in [7, 11) is 1.24. The van der Waals surface area contributed by atoms with E-state index in [1.54, 1.807) is 0 Å². The van der Waals surface area contributed by atoms with Crippen LogP contribution in [0, 0.1) is 17.8 Å². The van der Waals surface area contributed by atoms with Crippen LogP contribution in [0.1, 0.15) is 13.3 Å². The molecule has 1 saturated carbocycles. The standard InChI is InChI=1S/C17H26O10/c1-6-3-8(19)11-7(15(23)24-2)5-25-16(10(6)11)27-17-14(22)13(21)12(20)9(4-18)26-17/h5-6,8-14,16-22H,3-4H2,1-2H3/t6-,8+,9+,10+,11-,12+,13-,14+,16-,17-/m0/s1. The van der Waals surface area contributed by atoms with Gasteiger partial charge in [0.15, 0.2) is 6.29 Å². The maximum absolute atomic E-state index is 12.0. The number of hydrogen-bond acceptors (Lipinski definition) is 10. The van der Waals surface area contributed by atoms with E-state index in [0.29, 0.717) is 6.42 Å². The fourth-order valence-electron chi connectivity index (χ4n) is 4.19. The van der Waals surface area contributed by atoms with E-state index in [0.717, 1.165) is 0 Å². The van der Waals surface area contributed by atoms with E-state index in [2.05, 4.69) is 0 Å². The van der Waals surface area contributed by atoms with Gasteiger partial charge in [0, 0.05) is 11.8 Å². The first kappa shape index (κ1) is 20.5. The summed E-state index contributed by atoms with van der Waals surface area (Å²) in [4.78, 5) is 12.0. The zero-order valence-electron chi connectivity index (χ0n) is 15.0. The van der Waals surface area contributed by atoms with Crippen LogP contribution in [-0.2, 0) is 23.7 Å². The van der Waals surface area contributed by atoms with Gasteiger partial charge in [-0.25, -0.2) is 4.79 Å². The SMILES string of the molecule is COC(=O)C1=CO[C@@H](O[C@@H]2O[C@H](CO)[C@@H](O)[C@H](O)[C@H]2O)[C@H]2[C@@H]1[C@H](O)C[C@@H]2C. The molecule has 27 heavy (non-hydrogen) atoms. The fourth-order valence-corrected chi connectivity index (χ4v) is 4.19. The Morgan fingerprint density at radius 2 is 1.89 bits per heavy atom. The van der Waals surface area contributed by atoms with E-state index in [4.69, 9.17) is 18.9 Å². The van der Waals surface area contributed by atoms with Gasteiger partial charge in [0.1, 0.15) is 24.4 Å². The summed E-state index contributed by atoms with van der Waals surface area (Å²) in [5.74, 6) is -1.68. The number of methoxy groups -OCH3 is 1. The van der Waals surface area contributed by atoms with Crippen LogP contribution in [0.3, 0.4) is 0 Å². The molecule has 0 aromatic carbocycles. The summed E-state index contributed by atoms with van der Waals surface area (Å²) in [6.07, 6.45) is -7.31. The van der Waals surface area contributed by atoms with E-state index < -0.39 is 67.5 Å². The molecule has 0 spiro atoms. The largest absolute Gasteiger partial charge is 0.472 e. The Hall–Kier alpha value is -1.27. The summed E-state index contributed by atoms with van der Waals surface area (Å²) in [6.45, 7) is 1.30. The van der Waals surface area contributed by atoms with Crippen LogP contribution in [0.5, 0.6) is 0 Å². The number of aliphatic hydroxyl groups excluding tert-OH is 5. The molecule has 5 N–H and O–H groups in total. The quantitative estimate of drug-likeness (QED) is 0.336. The van der Waals surface area contributed by atoms with Gasteiger partial charge in [0.05, 0.1) is 31.7 Å². The van der Waals surface area contributed by atoms with Gasteiger partial charge in [0.25, 0.3) is 0 Å². The minimum Gasteiger partial charge on any atom is -0.472 e. The number of rotatable bonds is 4. The Bertz CT molecular complexity index is 578. The van der Waals surface area contributed by atoms with Crippen LogP contribution in [0.2, 0.25) is 0 Å². The molecule has 10 nitrogen and oxygen atoms in total. The zero-order valence-corrected chi connectivity index (χ0v) is 15.0. The van der Waals surface area contributed by atoms with Gasteiger partial charge in [-0.2, -0.15) is 0 Å². The molecule has 1 saturated heterocycles. The lowest BCUT2D eigenvalue weighted by Crippen LogP contribution is -2.60. The van der Waals surface area contributed by atoms with Gasteiger partial charge < -0.3 is 44.5 Å². The van der Waals surface area contributed by atoms with Gasteiger partial charge in [0.2, 0.25) is 6.29 Å². The highest BCUT2D eigenvalue weighted by atomic mass is 16.8. The predicted octanol–water partition coefficient (Wildman–Crippen LogP) is -2.15. The van der Waals surface area contributed by atoms with E-state index in [9.17, 15) is 30.3 Å². The van der Waals surface area contributed by atoms with Crippen molar-refractivity contribution in [3.8, 4) is 0 Å². The summed E-state index contributed by atoms with van der Waals surface area (Å²) in [6, 6.07) is 0. The number of carbonyl (C=O) groups is 1. The molecular formula is C17H26O10. The van der Waals surface area contributed by atoms with Crippen molar-refractivity contribution in [3.63, 3.8) is 0 Å². The summed E-state index contributed by atoms with van der Waals surface area (Å²) in [5.41, 5.74) is 0.202. The van der Waals surface area contributed by atoms with Crippen LogP contribution in [0.4, 0.5) is 0 Å². The smallest absolute Gasteiger partial charge is 0.337 e. The number of hydrogen-bond donors (Lipinski definition) is 5. The summed E-state index contributed by atoms with van der Waals surface area (Å²) >= 11 is 0. The van der Waals surface area contributed by atoms with Crippen molar-refractivity contribution in [2.45, 2.75) is 56.4 Å². The normalized spacial score (nSPS) is 47.0. The fraction of sp³-hybridized carbons (Fsp3) is 0.824. The van der Waals surface area contributed by atoms with Crippen LogP contribution in [0.15, 0.2) is 11.8 Å². The molecule has 10 atom stereocenters. The molecule has 1 aliphatic carbocycles. The molecule has 0 unspecified atom stereocenters. The topological polar surface area (TPSA) is 155 Å². The Labute approximate surface area is 155 Å². The molecule has 0 bridgehead atoms. The number of fused-ring (bicyclic) bond motifs is 1. The number of esters is 1. The molecular weight excluding hydrogens is 364 g/mol. The maximum atomic E-state index is 12.0. The van der Waals surface area contributed by atoms with Crippen molar-refractivity contribution in [2.75, 3.05) is 13.7 Å². The molecule has 154 valence electrons. The highest BCUT2D eigenvalue weighted by Crippen LogP contribution is 2.47. The third-order valence-corrected chi connectivity index (χ3v) is 5.64. The third-order valence-electron chi connectivity index (χ3n) is 5.64. The Kier molecular flexibility index (Phi) is 6.06. The van der Waals surface area contributed by atoms with Gasteiger partial charge >= 0.3 is 5.97 Å². The third kappa shape index (κ3) is 3.58. The average Bonchev–Trinajstić information content (AvgIpc) is 2.96. The molecule has 3 rings (SSSR count). The van der Waals surface area contributed by atoms with Gasteiger partial charge in [-0.1, -0.05) is 6.92 Å². The van der Waals surface area contributed by atoms with Crippen LogP contribution < -0.4 is 0 Å². The second-order valence-electron chi connectivity index (χ2n) is 7.29. The van der Waals surface area contributed by atoms with Crippen molar-refractivity contribution >= 4 is 5.97 Å². The van der Waals surface area contributed by atoms with Gasteiger partial charge in [-0.3, -0.25) is 0 Å². The van der Waals surface area contributed by atoms with Gasteiger partial charge in [-0.05, 0) is 12.3 Å². The van der Waals surface area contributed by atoms with E-state index in [1.165, 1.54) is 13.4 Å². The second-order valence-corrected chi connectivity index (χ2v) is 7.29. The minimum atomic E-state index is -1.58. The zero-order chi connectivity index (χ0) is 19.9. The molecule has 0 amide bonds. The van der Waals surface area contributed by atoms with Crippen LogP contribution in [0.25, 0.3) is 0 Å². The summed E-state index contributed by atoms with van der Waals surface area (Å²) in [5, 5.41) is 49.6. The van der Waals surface area contributed by atoms with E-state index >= 15 is 0 Å². The monoisotopic (exact) mass is 390 g/mol. The predicted molar refractivity (Wildman–Crippen MR) is 86.6 cm³/mol. The summed E-state index contributed by atoms with van der Waals surface area (Å²) < 4.78 is 21.3. The lowest BCUT2D eigenvalue weighted by molar-refractivity contribution is -0.342. The van der Waals surface area contributed by atoms with Crippen molar-refractivity contribution in [2.24, 2.45) is 17.8 Å². The highest BCUT2D eigenvalue weighted by Gasteiger charge is 2.53. The maximum Gasteiger partial charge on any atom is 0.337 e. The first-order valence-corrected chi connectivity index (χ1v) is 8.88. The number of carbonyl (C=O) groups excluding carboxylic acids is 1. The second kappa shape index (κ2) is 8.00. The molecule has 10 heteroatoms. The van der Waals surface area contributed by atoms with Gasteiger partial charge in [-0.15, -0.1) is 0 Å². The number of ether oxygens (including phenoxy) is 4. The molecule has 2 fully saturated rings. The molecule has 2 aliphatic heterocycles. The Balaban J connectivity index is 1.80. The highest BCUT2D eigenvalue weighted by molar-refractivity contribution is 5.89. The van der Waals surface area contributed by atoms with Crippen LogP contribution in [-0.4, -0.2) is 88.3 Å². The number of aliphatic hydroxyl groups is 5. The van der Waals surface area contributed by atoms with E-state index in [-0.39, 0.29) is 11.5 Å². The van der Waals surface area contributed by atoms with Crippen molar-refractivity contribution in [1.82, 2.24) is 0 Å². The van der Waals surface area contributed by atoms with Crippen molar-refractivity contribution < 1.29 is 49.3 Å². The lowest BCUT2D eigenvalue weighted by atomic mass is 9.82. The average molecular weight is 390 g/mol.